The summed E-state index contributed by atoms with van der Waals surface area (Å²) in [4.78, 5) is 27.8. The van der Waals surface area contributed by atoms with Crippen LogP contribution in [0.2, 0.25) is 10.0 Å². The number of H-pyrrole nitrogens is 1. The van der Waals surface area contributed by atoms with Crippen LogP contribution in [0.3, 0.4) is 0 Å². The van der Waals surface area contributed by atoms with E-state index in [2.05, 4.69) is 19.9 Å². The predicted octanol–water partition coefficient (Wildman–Crippen LogP) is 4.56. The lowest BCUT2D eigenvalue weighted by atomic mass is 10.0. The second-order valence-electron chi connectivity index (χ2n) is 6.43. The minimum Gasteiger partial charge on any atom is -0.481 e. The first kappa shape index (κ1) is 17.8. The Morgan fingerprint density at radius 3 is 2.74 bits per heavy atom. The molecule has 0 aliphatic carbocycles. The van der Waals surface area contributed by atoms with Crippen LogP contribution in [0, 0.1) is 5.92 Å². The summed E-state index contributed by atoms with van der Waals surface area (Å²) in [7, 11) is 0. The van der Waals surface area contributed by atoms with Gasteiger partial charge in [-0.3, -0.25) is 4.79 Å². The molecule has 4 aromatic rings. The number of carboxylic acids is 1. The number of carbonyl (C=O) groups is 1. The second kappa shape index (κ2) is 6.51. The minimum absolute atomic E-state index is 0.334. The van der Waals surface area contributed by atoms with Crippen molar-refractivity contribution in [2.75, 3.05) is 0 Å². The van der Waals surface area contributed by atoms with Gasteiger partial charge in [0, 0.05) is 41.8 Å². The van der Waals surface area contributed by atoms with Crippen LogP contribution < -0.4 is 0 Å². The number of rotatable bonds is 4. The van der Waals surface area contributed by atoms with Crippen LogP contribution in [0.25, 0.3) is 33.5 Å². The Balaban J connectivity index is 1.90. The predicted molar refractivity (Wildman–Crippen MR) is 104 cm³/mol. The molecule has 2 N–H and O–H groups in total. The Hall–Kier alpha value is -2.64. The number of hydrogen-bond acceptors (Lipinski definition) is 4. The molecular formula is C18H15Cl2N5O2. The molecule has 0 aliphatic rings. The zero-order valence-corrected chi connectivity index (χ0v) is 16.0. The van der Waals surface area contributed by atoms with E-state index in [1.54, 1.807) is 42.3 Å². The van der Waals surface area contributed by atoms with Crippen molar-refractivity contribution in [1.82, 2.24) is 24.5 Å². The molecule has 138 valence electrons. The van der Waals surface area contributed by atoms with E-state index < -0.39 is 11.9 Å². The molecule has 0 unspecified atom stereocenters. The second-order valence-corrected chi connectivity index (χ2v) is 7.28. The van der Waals surface area contributed by atoms with E-state index in [0.29, 0.717) is 32.6 Å². The number of nitrogens with one attached hydrogen (secondary N) is 1. The van der Waals surface area contributed by atoms with E-state index >= 15 is 0 Å². The van der Waals surface area contributed by atoms with Crippen molar-refractivity contribution in [2.24, 2.45) is 5.92 Å². The largest absolute Gasteiger partial charge is 0.481 e. The lowest BCUT2D eigenvalue weighted by Gasteiger charge is -2.18. The molecule has 9 heteroatoms. The van der Waals surface area contributed by atoms with Crippen molar-refractivity contribution in [2.45, 2.75) is 19.9 Å². The number of pyridine rings is 1. The summed E-state index contributed by atoms with van der Waals surface area (Å²) in [5.41, 5.74) is 2.01. The fraction of sp³-hybridized carbons (Fsp3) is 0.222. The van der Waals surface area contributed by atoms with Crippen LogP contribution >= 0.6 is 23.2 Å². The third-order valence-corrected chi connectivity index (χ3v) is 5.32. The molecular weight excluding hydrogens is 389 g/mol. The van der Waals surface area contributed by atoms with Gasteiger partial charge in [0.1, 0.15) is 11.3 Å². The van der Waals surface area contributed by atoms with Gasteiger partial charge in [-0.15, -0.1) is 0 Å². The number of aliphatic carboxylic acids is 1. The molecule has 7 nitrogen and oxygen atoms in total. The third-order valence-electron chi connectivity index (χ3n) is 4.81. The summed E-state index contributed by atoms with van der Waals surface area (Å²) in [5, 5.41) is 11.8. The summed E-state index contributed by atoms with van der Waals surface area (Å²) < 4.78 is 1.78. The summed E-state index contributed by atoms with van der Waals surface area (Å²) in [6.07, 6.45) is 6.68. The molecule has 0 saturated heterocycles. The summed E-state index contributed by atoms with van der Waals surface area (Å²) >= 11 is 12.4. The quantitative estimate of drug-likeness (QED) is 0.520. The van der Waals surface area contributed by atoms with E-state index in [0.717, 1.165) is 10.9 Å². The molecule has 27 heavy (non-hydrogen) atoms. The van der Waals surface area contributed by atoms with E-state index in [9.17, 15) is 9.90 Å². The molecule has 0 bridgehead atoms. The fourth-order valence-corrected chi connectivity index (χ4v) is 3.44. The highest BCUT2D eigenvalue weighted by atomic mass is 35.5. The average molecular weight is 404 g/mol. The molecule has 0 aromatic carbocycles. The number of fused-ring (bicyclic) bond motifs is 2. The normalized spacial score (nSPS) is 13.9. The molecule has 0 saturated carbocycles. The van der Waals surface area contributed by atoms with Crippen LogP contribution in [0.1, 0.15) is 19.9 Å². The van der Waals surface area contributed by atoms with Crippen LogP contribution in [-0.4, -0.2) is 35.6 Å². The standard InChI is InChI=1S/C18H15Cl2N5O2/c1-8(18(26)27)9(2)25-7-14(20)13-6-23-16(24-17(13)25)12-5-22-15-11(12)3-10(19)4-21-15/h3-9H,1-2H3,(H,21,22)(H,26,27)/t8-,9-/m0/s1. The topological polar surface area (TPSA) is 96.7 Å². The van der Waals surface area contributed by atoms with Gasteiger partial charge in [0.2, 0.25) is 0 Å². The number of hydrogen-bond donors (Lipinski definition) is 2. The van der Waals surface area contributed by atoms with Gasteiger partial charge in [0.15, 0.2) is 5.82 Å². The number of aromatic nitrogens is 5. The van der Waals surface area contributed by atoms with Gasteiger partial charge in [0.05, 0.1) is 21.3 Å². The Labute approximate surface area is 164 Å². The van der Waals surface area contributed by atoms with E-state index in [4.69, 9.17) is 23.2 Å². The zero-order chi connectivity index (χ0) is 19.3. The van der Waals surface area contributed by atoms with Gasteiger partial charge in [0.25, 0.3) is 0 Å². The van der Waals surface area contributed by atoms with Gasteiger partial charge < -0.3 is 14.7 Å². The number of halogens is 2. The lowest BCUT2D eigenvalue weighted by Crippen LogP contribution is -2.21. The molecule has 0 fully saturated rings. The van der Waals surface area contributed by atoms with Crippen LogP contribution in [-0.2, 0) is 4.79 Å². The molecule has 2 atom stereocenters. The number of aromatic amines is 1. The average Bonchev–Trinajstić information content (AvgIpc) is 3.21. The van der Waals surface area contributed by atoms with Crippen molar-refractivity contribution < 1.29 is 9.90 Å². The molecule has 4 aromatic heterocycles. The minimum atomic E-state index is -0.882. The van der Waals surface area contributed by atoms with Crippen LogP contribution in [0.5, 0.6) is 0 Å². The Bertz CT molecular complexity index is 1180. The zero-order valence-electron chi connectivity index (χ0n) is 14.4. The highest BCUT2D eigenvalue weighted by molar-refractivity contribution is 6.35. The Morgan fingerprint density at radius 2 is 2.00 bits per heavy atom. The van der Waals surface area contributed by atoms with E-state index in [1.165, 1.54) is 0 Å². The van der Waals surface area contributed by atoms with Crippen molar-refractivity contribution in [1.29, 1.82) is 0 Å². The first-order chi connectivity index (χ1) is 12.9. The van der Waals surface area contributed by atoms with Crippen molar-refractivity contribution in [3.05, 3.63) is 40.9 Å². The number of nitrogens with zero attached hydrogens (tertiary/aromatic N) is 4. The van der Waals surface area contributed by atoms with Gasteiger partial charge in [-0.05, 0) is 19.9 Å². The maximum absolute atomic E-state index is 11.4. The van der Waals surface area contributed by atoms with Crippen molar-refractivity contribution in [3.8, 4) is 11.4 Å². The van der Waals surface area contributed by atoms with Gasteiger partial charge >= 0.3 is 5.97 Å². The van der Waals surface area contributed by atoms with E-state index in [1.807, 2.05) is 6.92 Å². The smallest absolute Gasteiger partial charge is 0.308 e. The number of carboxylic acid groups (broad SMARTS) is 1. The van der Waals surface area contributed by atoms with Crippen molar-refractivity contribution in [3.63, 3.8) is 0 Å². The van der Waals surface area contributed by atoms with Crippen LogP contribution in [0.4, 0.5) is 0 Å². The molecule has 0 spiro atoms. The fourth-order valence-electron chi connectivity index (χ4n) is 3.04. The molecule has 0 radical (unpaired) electrons. The van der Waals surface area contributed by atoms with Crippen molar-refractivity contribution >= 4 is 51.2 Å². The first-order valence-electron chi connectivity index (χ1n) is 8.25. The Morgan fingerprint density at radius 1 is 1.22 bits per heavy atom. The molecule has 0 aliphatic heterocycles. The van der Waals surface area contributed by atoms with Gasteiger partial charge in [-0.25, -0.2) is 15.0 Å². The SMILES string of the molecule is C[C@H](C(=O)O)[C@H](C)n1cc(Cl)c2cnc(-c3c[nH]c4ncc(Cl)cc34)nc21. The molecule has 4 heterocycles. The van der Waals surface area contributed by atoms with Gasteiger partial charge in [-0.2, -0.15) is 0 Å². The first-order valence-corrected chi connectivity index (χ1v) is 9.01. The summed E-state index contributed by atoms with van der Waals surface area (Å²) in [6.45, 7) is 3.48. The maximum atomic E-state index is 11.4. The highest BCUT2D eigenvalue weighted by Crippen LogP contribution is 2.33. The molecule has 0 amide bonds. The lowest BCUT2D eigenvalue weighted by molar-refractivity contribution is -0.142. The third kappa shape index (κ3) is 2.93. The molecule has 4 rings (SSSR count). The maximum Gasteiger partial charge on any atom is 0.308 e. The highest BCUT2D eigenvalue weighted by Gasteiger charge is 2.24. The summed E-state index contributed by atoms with van der Waals surface area (Å²) in [5.74, 6) is -1.01. The monoisotopic (exact) mass is 403 g/mol. The van der Waals surface area contributed by atoms with Gasteiger partial charge in [-0.1, -0.05) is 23.2 Å². The van der Waals surface area contributed by atoms with E-state index in [-0.39, 0.29) is 6.04 Å². The Kier molecular flexibility index (Phi) is 4.28. The van der Waals surface area contributed by atoms with Crippen LogP contribution in [0.15, 0.2) is 30.9 Å². The summed E-state index contributed by atoms with van der Waals surface area (Å²) in [6, 6.07) is 1.46.